The van der Waals surface area contributed by atoms with Crippen LogP contribution in [0.5, 0.6) is 0 Å². The fourth-order valence-electron chi connectivity index (χ4n) is 2.53. The summed E-state index contributed by atoms with van der Waals surface area (Å²) in [6.07, 6.45) is 0.0924. The van der Waals surface area contributed by atoms with E-state index >= 15 is 0 Å². The summed E-state index contributed by atoms with van der Waals surface area (Å²) in [6, 6.07) is 12.0. The van der Waals surface area contributed by atoms with E-state index in [1.165, 1.54) is 0 Å². The largest absolute Gasteiger partial charge is 0.378 e. The van der Waals surface area contributed by atoms with Gasteiger partial charge in [0, 0.05) is 25.6 Å². The Morgan fingerprint density at radius 2 is 2.25 bits per heavy atom. The van der Waals surface area contributed by atoms with Gasteiger partial charge >= 0.3 is 0 Å². The average Bonchev–Trinajstić information content (AvgIpc) is 2.93. The van der Waals surface area contributed by atoms with Crippen molar-refractivity contribution in [3.05, 3.63) is 35.9 Å². The number of benzene rings is 1. The second-order valence-corrected chi connectivity index (χ2v) is 4.87. The van der Waals surface area contributed by atoms with Crippen molar-refractivity contribution in [2.24, 2.45) is 0 Å². The van der Waals surface area contributed by atoms with Crippen LogP contribution in [0.3, 0.4) is 0 Å². The second-order valence-electron chi connectivity index (χ2n) is 4.87. The number of ether oxygens (including phenoxy) is 1. The van der Waals surface area contributed by atoms with Crippen LogP contribution in [-0.2, 0) is 4.74 Å². The molecule has 20 heavy (non-hydrogen) atoms. The Labute approximate surface area is 117 Å². The van der Waals surface area contributed by atoms with Crippen LogP contribution < -0.4 is 10.6 Å². The van der Waals surface area contributed by atoms with E-state index in [0.717, 1.165) is 24.0 Å². The summed E-state index contributed by atoms with van der Waals surface area (Å²) >= 11 is 0. The van der Waals surface area contributed by atoms with Gasteiger partial charge < -0.3 is 15.4 Å². The quantitative estimate of drug-likeness (QED) is 0.883. The number of para-hydroxylation sites is 1. The lowest BCUT2D eigenvalue weighted by Crippen LogP contribution is -2.34. The van der Waals surface area contributed by atoms with Crippen LogP contribution in [0.2, 0.25) is 0 Å². The molecule has 3 rings (SSSR count). The Kier molecular flexibility index (Phi) is 3.50. The zero-order chi connectivity index (χ0) is 13.9. The Balaban J connectivity index is 1.96. The molecule has 5 nitrogen and oxygen atoms in total. The number of anilines is 1. The minimum atomic E-state index is 0.0924. The Bertz CT molecular complexity index is 664. The maximum Gasteiger partial charge on any atom is 0.145 e. The number of nitrogens with one attached hydrogen (secondary N) is 2. The van der Waals surface area contributed by atoms with Crippen molar-refractivity contribution >= 4 is 16.7 Å². The molecule has 1 saturated heterocycles. The molecule has 2 atom stereocenters. The standard InChI is InChI=1S/C15H16N4O/c1-20-14-9-17-8-13(14)19-15-11(7-16)6-10-4-2-3-5-12(10)18-15/h2-6,13-14,17H,8-9H2,1H3,(H,18,19)/t13?,14-/m0/s1. The molecule has 0 aliphatic carbocycles. The molecule has 0 spiro atoms. The van der Waals surface area contributed by atoms with E-state index in [0.29, 0.717) is 11.4 Å². The molecule has 1 fully saturated rings. The van der Waals surface area contributed by atoms with E-state index in [9.17, 15) is 5.26 Å². The average molecular weight is 268 g/mol. The first-order valence-electron chi connectivity index (χ1n) is 6.62. The van der Waals surface area contributed by atoms with E-state index in [4.69, 9.17) is 4.74 Å². The van der Waals surface area contributed by atoms with Gasteiger partial charge in [-0.15, -0.1) is 0 Å². The third-order valence-electron chi connectivity index (χ3n) is 3.63. The Hall–Kier alpha value is -2.16. The summed E-state index contributed by atoms with van der Waals surface area (Å²) in [6.45, 7) is 1.61. The highest BCUT2D eigenvalue weighted by Crippen LogP contribution is 2.21. The second kappa shape index (κ2) is 5.45. The van der Waals surface area contributed by atoms with Crippen LogP contribution in [0.4, 0.5) is 5.82 Å². The number of nitriles is 1. The minimum absolute atomic E-state index is 0.0924. The number of hydrogen-bond donors (Lipinski definition) is 2. The fraction of sp³-hybridized carbons (Fsp3) is 0.333. The molecule has 0 saturated carbocycles. The van der Waals surface area contributed by atoms with Crippen molar-refractivity contribution in [1.82, 2.24) is 10.3 Å². The van der Waals surface area contributed by atoms with E-state index in [1.54, 1.807) is 7.11 Å². The van der Waals surface area contributed by atoms with Crippen molar-refractivity contribution < 1.29 is 4.74 Å². The predicted octanol–water partition coefficient (Wildman–Crippen LogP) is 1.51. The molecule has 2 aromatic rings. The van der Waals surface area contributed by atoms with Gasteiger partial charge in [-0.25, -0.2) is 4.98 Å². The number of hydrogen-bond acceptors (Lipinski definition) is 5. The smallest absolute Gasteiger partial charge is 0.145 e. The number of nitrogens with zero attached hydrogens (tertiary/aromatic N) is 2. The number of fused-ring (bicyclic) bond motifs is 1. The van der Waals surface area contributed by atoms with E-state index < -0.39 is 0 Å². The molecule has 102 valence electrons. The van der Waals surface area contributed by atoms with Crippen LogP contribution >= 0.6 is 0 Å². The molecule has 5 heteroatoms. The van der Waals surface area contributed by atoms with E-state index in [2.05, 4.69) is 21.7 Å². The summed E-state index contributed by atoms with van der Waals surface area (Å²) < 4.78 is 5.42. The first kappa shape index (κ1) is 12.9. The predicted molar refractivity (Wildman–Crippen MR) is 77.5 cm³/mol. The topological polar surface area (TPSA) is 70.0 Å². The molecular formula is C15H16N4O. The molecule has 1 unspecified atom stereocenters. The van der Waals surface area contributed by atoms with Gasteiger partial charge in [0.05, 0.1) is 23.2 Å². The van der Waals surface area contributed by atoms with Crippen LogP contribution in [0.15, 0.2) is 30.3 Å². The highest BCUT2D eigenvalue weighted by molar-refractivity contribution is 5.82. The van der Waals surface area contributed by atoms with Gasteiger partial charge in [-0.3, -0.25) is 0 Å². The monoisotopic (exact) mass is 268 g/mol. The fourth-order valence-corrected chi connectivity index (χ4v) is 2.53. The molecule has 2 N–H and O–H groups in total. The summed E-state index contributed by atoms with van der Waals surface area (Å²) in [5.74, 6) is 0.627. The van der Waals surface area contributed by atoms with Gasteiger partial charge in [-0.2, -0.15) is 5.26 Å². The number of aromatic nitrogens is 1. The van der Waals surface area contributed by atoms with Crippen LogP contribution in [0.1, 0.15) is 5.56 Å². The first-order valence-corrected chi connectivity index (χ1v) is 6.62. The lowest BCUT2D eigenvalue weighted by atomic mass is 10.1. The van der Waals surface area contributed by atoms with Crippen LogP contribution in [0, 0.1) is 11.3 Å². The summed E-state index contributed by atoms with van der Waals surface area (Å²) in [5, 5.41) is 16.9. The summed E-state index contributed by atoms with van der Waals surface area (Å²) in [5.41, 5.74) is 1.44. The van der Waals surface area contributed by atoms with Crippen LogP contribution in [0.25, 0.3) is 10.9 Å². The summed E-state index contributed by atoms with van der Waals surface area (Å²) in [7, 11) is 1.70. The normalized spacial score (nSPS) is 21.8. The molecule has 1 aromatic carbocycles. The molecule has 1 aromatic heterocycles. The minimum Gasteiger partial charge on any atom is -0.378 e. The first-order chi connectivity index (χ1) is 9.81. The van der Waals surface area contributed by atoms with E-state index in [-0.39, 0.29) is 12.1 Å². The molecule has 1 aliphatic rings. The lowest BCUT2D eigenvalue weighted by Gasteiger charge is -2.20. The third-order valence-corrected chi connectivity index (χ3v) is 3.63. The van der Waals surface area contributed by atoms with Crippen molar-refractivity contribution in [2.75, 3.05) is 25.5 Å². The Morgan fingerprint density at radius 3 is 3.05 bits per heavy atom. The molecule has 1 aliphatic heterocycles. The van der Waals surface area contributed by atoms with E-state index in [1.807, 2.05) is 30.3 Å². The van der Waals surface area contributed by atoms with Crippen molar-refractivity contribution in [3.8, 4) is 6.07 Å². The van der Waals surface area contributed by atoms with Gasteiger partial charge in [-0.1, -0.05) is 18.2 Å². The van der Waals surface area contributed by atoms with Crippen molar-refractivity contribution in [1.29, 1.82) is 5.26 Å². The van der Waals surface area contributed by atoms with Gasteiger partial charge in [0.15, 0.2) is 0 Å². The van der Waals surface area contributed by atoms with Gasteiger partial charge in [0.2, 0.25) is 0 Å². The van der Waals surface area contributed by atoms with Gasteiger partial charge in [0.25, 0.3) is 0 Å². The van der Waals surface area contributed by atoms with Gasteiger partial charge in [-0.05, 0) is 12.1 Å². The molecule has 2 heterocycles. The lowest BCUT2D eigenvalue weighted by molar-refractivity contribution is 0.111. The van der Waals surface area contributed by atoms with Gasteiger partial charge in [0.1, 0.15) is 11.9 Å². The van der Waals surface area contributed by atoms with Crippen molar-refractivity contribution in [3.63, 3.8) is 0 Å². The SMILES string of the molecule is CO[C@H]1CNCC1Nc1nc2ccccc2cc1C#N. The van der Waals surface area contributed by atoms with Crippen molar-refractivity contribution in [2.45, 2.75) is 12.1 Å². The highest BCUT2D eigenvalue weighted by Gasteiger charge is 2.27. The number of pyridine rings is 1. The maximum absolute atomic E-state index is 9.30. The third kappa shape index (κ3) is 2.31. The molecular weight excluding hydrogens is 252 g/mol. The number of rotatable bonds is 3. The Morgan fingerprint density at radius 1 is 1.40 bits per heavy atom. The molecule has 0 amide bonds. The zero-order valence-corrected chi connectivity index (χ0v) is 11.3. The zero-order valence-electron chi connectivity index (χ0n) is 11.3. The molecule has 0 bridgehead atoms. The van der Waals surface area contributed by atoms with Crippen LogP contribution in [-0.4, -0.2) is 37.3 Å². The number of methoxy groups -OCH3 is 1. The molecule has 0 radical (unpaired) electrons. The highest BCUT2D eigenvalue weighted by atomic mass is 16.5. The summed E-state index contributed by atoms with van der Waals surface area (Å²) in [4.78, 5) is 4.56. The maximum atomic E-state index is 9.30.